The number of benzene rings is 1. The Morgan fingerprint density at radius 1 is 1.30 bits per heavy atom. The minimum atomic E-state index is -0.897. The van der Waals surface area contributed by atoms with Crippen molar-refractivity contribution in [2.24, 2.45) is 13.0 Å². The highest BCUT2D eigenvalue weighted by Gasteiger charge is 2.26. The van der Waals surface area contributed by atoms with Gasteiger partial charge in [-0.3, -0.25) is 14.9 Å². The molecule has 3 aromatic rings. The molecule has 2 N–H and O–H groups in total. The highest BCUT2D eigenvalue weighted by atomic mass is 16.5. The number of aliphatic hydroxyl groups is 1. The molecular weight excluding hydrogens is 472 g/mol. The third-order valence-corrected chi connectivity index (χ3v) is 6.74. The van der Waals surface area contributed by atoms with E-state index < -0.39 is 18.1 Å². The van der Waals surface area contributed by atoms with E-state index in [0.717, 1.165) is 54.0 Å². The number of aryl methyl sites for hydroxylation is 2. The van der Waals surface area contributed by atoms with Gasteiger partial charge in [0.05, 0.1) is 29.8 Å². The number of ether oxygens (including phenoxy) is 2. The second kappa shape index (κ2) is 11.6. The quantitative estimate of drug-likeness (QED) is 0.426. The minimum absolute atomic E-state index is 0.0240. The largest absolute Gasteiger partial charge is 0.462 e. The molecule has 1 fully saturated rings. The maximum atomic E-state index is 12.4. The van der Waals surface area contributed by atoms with E-state index in [1.54, 1.807) is 32.4 Å². The van der Waals surface area contributed by atoms with Crippen LogP contribution in [0.2, 0.25) is 0 Å². The summed E-state index contributed by atoms with van der Waals surface area (Å²) in [5.41, 5.74) is 4.32. The summed E-state index contributed by atoms with van der Waals surface area (Å²) in [5.74, 6) is 0.707. The molecule has 0 bridgehead atoms. The van der Waals surface area contributed by atoms with Crippen molar-refractivity contribution in [1.82, 2.24) is 19.4 Å². The number of carbonyl (C=O) groups excluding carboxylic acids is 1. The molecular formula is C28H38N4O5. The van der Waals surface area contributed by atoms with Crippen LogP contribution in [0.1, 0.15) is 44.7 Å². The fourth-order valence-electron chi connectivity index (χ4n) is 4.88. The van der Waals surface area contributed by atoms with Crippen molar-refractivity contribution in [3.05, 3.63) is 51.9 Å². The molecule has 0 aliphatic carbocycles. The Morgan fingerprint density at radius 3 is 2.73 bits per heavy atom. The molecule has 0 radical (unpaired) electrons. The number of carbonyl (C=O) groups is 1. The zero-order valence-corrected chi connectivity index (χ0v) is 22.4. The molecule has 4 rings (SSSR count). The van der Waals surface area contributed by atoms with Crippen LogP contribution in [0.15, 0.2) is 35.3 Å². The number of hydrogen-bond donors (Lipinski definition) is 2. The predicted octanol–water partition coefficient (Wildman–Crippen LogP) is 2.93. The van der Waals surface area contributed by atoms with Crippen molar-refractivity contribution >= 4 is 17.0 Å². The van der Waals surface area contributed by atoms with Crippen LogP contribution in [0.5, 0.6) is 0 Å². The maximum absolute atomic E-state index is 12.4. The van der Waals surface area contributed by atoms with Crippen molar-refractivity contribution < 1.29 is 19.4 Å². The molecule has 9 nitrogen and oxygen atoms in total. The van der Waals surface area contributed by atoms with Crippen LogP contribution in [0.25, 0.3) is 22.4 Å². The number of aromatic nitrogens is 3. The lowest BCUT2D eigenvalue weighted by Crippen LogP contribution is -2.46. The van der Waals surface area contributed by atoms with Crippen LogP contribution >= 0.6 is 0 Å². The molecule has 200 valence electrons. The van der Waals surface area contributed by atoms with Gasteiger partial charge in [0.1, 0.15) is 11.9 Å². The van der Waals surface area contributed by atoms with Crippen LogP contribution in [0.4, 0.5) is 0 Å². The molecule has 2 unspecified atom stereocenters. The molecule has 37 heavy (non-hydrogen) atoms. The smallest absolute Gasteiger partial charge is 0.326 e. The predicted molar refractivity (Wildman–Crippen MR) is 142 cm³/mol. The van der Waals surface area contributed by atoms with Gasteiger partial charge in [0, 0.05) is 50.0 Å². The summed E-state index contributed by atoms with van der Waals surface area (Å²) in [6.07, 6.45) is 2.80. The van der Waals surface area contributed by atoms with Crippen LogP contribution < -0.4 is 10.9 Å². The molecule has 1 aromatic carbocycles. The summed E-state index contributed by atoms with van der Waals surface area (Å²) >= 11 is 0. The normalized spacial score (nSPS) is 17.8. The minimum Gasteiger partial charge on any atom is -0.462 e. The number of imidazole rings is 1. The van der Waals surface area contributed by atoms with Gasteiger partial charge in [-0.1, -0.05) is 6.07 Å². The van der Waals surface area contributed by atoms with Crippen molar-refractivity contribution in [3.8, 4) is 11.4 Å². The van der Waals surface area contributed by atoms with Crippen LogP contribution in [-0.4, -0.2) is 56.7 Å². The van der Waals surface area contributed by atoms with Gasteiger partial charge in [-0.15, -0.1) is 0 Å². The fourth-order valence-corrected chi connectivity index (χ4v) is 4.88. The van der Waals surface area contributed by atoms with Gasteiger partial charge in [-0.2, -0.15) is 0 Å². The van der Waals surface area contributed by atoms with Gasteiger partial charge in [-0.05, 0) is 64.3 Å². The summed E-state index contributed by atoms with van der Waals surface area (Å²) in [5, 5.41) is 13.3. The molecule has 0 spiro atoms. The maximum Gasteiger partial charge on any atom is 0.326 e. The topological polar surface area (TPSA) is 108 Å². The summed E-state index contributed by atoms with van der Waals surface area (Å²) in [6.45, 7) is 9.60. The first-order valence-electron chi connectivity index (χ1n) is 13.0. The Balaban J connectivity index is 1.69. The third-order valence-electron chi connectivity index (χ3n) is 6.74. The number of esters is 1. The SMILES string of the molecule is Cc1cc(-c2nc3ccc(CNC(C(=O)OC(C)C)C(C)O)cc3n2C[C@H]2CCCOC2)cn(C)c1=O. The van der Waals surface area contributed by atoms with Crippen molar-refractivity contribution in [1.29, 1.82) is 0 Å². The number of fused-ring (bicyclic) bond motifs is 1. The summed E-state index contributed by atoms with van der Waals surface area (Å²) in [4.78, 5) is 29.7. The summed E-state index contributed by atoms with van der Waals surface area (Å²) in [7, 11) is 1.76. The van der Waals surface area contributed by atoms with Crippen LogP contribution in [0.3, 0.4) is 0 Å². The van der Waals surface area contributed by atoms with E-state index in [9.17, 15) is 14.7 Å². The second-order valence-electron chi connectivity index (χ2n) is 10.4. The number of aliphatic hydroxyl groups excluding tert-OH is 1. The Kier molecular flexibility index (Phi) is 8.46. The summed E-state index contributed by atoms with van der Waals surface area (Å²) in [6, 6.07) is 7.09. The number of rotatable bonds is 9. The molecule has 1 aliphatic heterocycles. The Bertz CT molecular complexity index is 1280. The fraction of sp³-hybridized carbons (Fsp3) is 0.536. The van der Waals surface area contributed by atoms with E-state index in [1.807, 2.05) is 31.3 Å². The lowest BCUT2D eigenvalue weighted by Gasteiger charge is -2.24. The van der Waals surface area contributed by atoms with Crippen molar-refractivity contribution in [3.63, 3.8) is 0 Å². The van der Waals surface area contributed by atoms with Gasteiger partial charge in [0.25, 0.3) is 5.56 Å². The zero-order valence-electron chi connectivity index (χ0n) is 22.4. The van der Waals surface area contributed by atoms with E-state index in [1.165, 1.54) is 0 Å². The first kappa shape index (κ1) is 27.0. The number of nitrogens with zero attached hydrogens (tertiary/aromatic N) is 3. The molecule has 3 heterocycles. The third kappa shape index (κ3) is 6.29. The van der Waals surface area contributed by atoms with Gasteiger partial charge in [-0.25, -0.2) is 4.98 Å². The Hall–Kier alpha value is -3.01. The van der Waals surface area contributed by atoms with E-state index in [-0.39, 0.29) is 11.7 Å². The number of nitrogens with one attached hydrogen (secondary N) is 1. The van der Waals surface area contributed by atoms with Gasteiger partial charge < -0.3 is 23.7 Å². The van der Waals surface area contributed by atoms with Crippen molar-refractivity contribution in [2.45, 2.75) is 71.9 Å². The van der Waals surface area contributed by atoms with E-state index in [2.05, 4.69) is 16.0 Å². The van der Waals surface area contributed by atoms with Gasteiger partial charge in [0.2, 0.25) is 0 Å². The highest BCUT2D eigenvalue weighted by Crippen LogP contribution is 2.28. The van der Waals surface area contributed by atoms with E-state index in [4.69, 9.17) is 14.5 Å². The van der Waals surface area contributed by atoms with E-state index in [0.29, 0.717) is 24.6 Å². The monoisotopic (exact) mass is 510 g/mol. The van der Waals surface area contributed by atoms with Gasteiger partial charge >= 0.3 is 5.97 Å². The number of pyridine rings is 1. The Morgan fingerprint density at radius 2 is 2.08 bits per heavy atom. The summed E-state index contributed by atoms with van der Waals surface area (Å²) < 4.78 is 14.9. The molecule has 1 aliphatic rings. The van der Waals surface area contributed by atoms with Crippen molar-refractivity contribution in [2.75, 3.05) is 13.2 Å². The van der Waals surface area contributed by atoms with Crippen LogP contribution in [-0.2, 0) is 34.4 Å². The molecule has 9 heteroatoms. The highest BCUT2D eigenvalue weighted by molar-refractivity contribution is 5.81. The Labute approximate surface area is 217 Å². The molecule has 0 amide bonds. The lowest BCUT2D eigenvalue weighted by molar-refractivity contribution is -0.152. The molecule has 2 aromatic heterocycles. The standard InChI is InChI=1S/C28H38N4O5/c1-17(2)37-28(35)25(19(4)33)29-13-20-8-9-23-24(12-20)32(14-21-7-6-10-36-16-21)26(30-23)22-11-18(3)27(34)31(5)15-22/h8-9,11-12,15,17,19,21,25,29,33H,6-7,10,13-14,16H2,1-5H3/t19?,21-,25?/m1/s1. The average molecular weight is 511 g/mol. The van der Waals surface area contributed by atoms with Gasteiger partial charge in [0.15, 0.2) is 0 Å². The second-order valence-corrected chi connectivity index (χ2v) is 10.4. The zero-order chi connectivity index (χ0) is 26.7. The number of hydrogen-bond acceptors (Lipinski definition) is 7. The molecule has 3 atom stereocenters. The van der Waals surface area contributed by atoms with E-state index >= 15 is 0 Å². The van der Waals surface area contributed by atoms with Crippen LogP contribution in [0, 0.1) is 12.8 Å². The first-order valence-corrected chi connectivity index (χ1v) is 13.0. The average Bonchev–Trinajstić information content (AvgIpc) is 3.20. The lowest BCUT2D eigenvalue weighted by atomic mass is 10.0. The first-order chi connectivity index (χ1) is 17.6. The molecule has 0 saturated carbocycles. The molecule has 1 saturated heterocycles.